The number of hydrogen-bond donors (Lipinski definition) is 0. The lowest BCUT2D eigenvalue weighted by Gasteiger charge is -2.02. The first-order valence-corrected chi connectivity index (χ1v) is 5.96. The topological polar surface area (TPSA) is 61.3 Å². The Morgan fingerprint density at radius 2 is 1.95 bits per heavy atom. The fourth-order valence-electron chi connectivity index (χ4n) is 1.73. The van der Waals surface area contributed by atoms with Crippen LogP contribution in [0.25, 0.3) is 22.9 Å². The van der Waals surface area contributed by atoms with E-state index in [2.05, 4.69) is 10.2 Å². The maximum absolute atomic E-state index is 5.61. The molecule has 0 bridgehead atoms. The Bertz CT molecular complexity index is 659. The second-order valence-corrected chi connectivity index (χ2v) is 3.89. The average Bonchev–Trinajstić information content (AvgIpc) is 3.11. The first kappa shape index (κ1) is 11.5. The first-order valence-electron chi connectivity index (χ1n) is 5.96. The molecule has 0 aliphatic carbocycles. The van der Waals surface area contributed by atoms with E-state index in [1.54, 1.807) is 18.6 Å². The normalized spacial score (nSPS) is 10.6. The molecule has 0 amide bonds. The van der Waals surface area contributed by atoms with Crippen molar-refractivity contribution in [3.05, 3.63) is 42.9 Å². The number of hydrogen-bond acceptors (Lipinski definition) is 5. The molecule has 96 valence electrons. The van der Waals surface area contributed by atoms with Gasteiger partial charge in [0.2, 0.25) is 5.89 Å². The summed E-state index contributed by atoms with van der Waals surface area (Å²) in [5.74, 6) is 1.67. The lowest BCUT2D eigenvalue weighted by atomic mass is 10.2. The average molecular weight is 256 g/mol. The van der Waals surface area contributed by atoms with Gasteiger partial charge >= 0.3 is 0 Å². The highest BCUT2D eigenvalue weighted by molar-refractivity contribution is 5.58. The smallest absolute Gasteiger partial charge is 0.251 e. The molecule has 0 unspecified atom stereocenters. The van der Waals surface area contributed by atoms with Crippen molar-refractivity contribution in [2.75, 3.05) is 6.61 Å². The van der Waals surface area contributed by atoms with E-state index in [-0.39, 0.29) is 0 Å². The third-order valence-electron chi connectivity index (χ3n) is 2.59. The summed E-state index contributed by atoms with van der Waals surface area (Å²) in [5.41, 5.74) is 1.59. The van der Waals surface area contributed by atoms with Gasteiger partial charge in [0.15, 0.2) is 0 Å². The van der Waals surface area contributed by atoms with Gasteiger partial charge in [-0.1, -0.05) is 6.07 Å². The second kappa shape index (κ2) is 4.97. The van der Waals surface area contributed by atoms with Gasteiger partial charge in [0.25, 0.3) is 5.89 Å². The number of rotatable bonds is 4. The van der Waals surface area contributed by atoms with Gasteiger partial charge < -0.3 is 13.6 Å². The van der Waals surface area contributed by atoms with E-state index >= 15 is 0 Å². The zero-order chi connectivity index (χ0) is 13.1. The maximum atomic E-state index is 5.61. The fraction of sp³-hybridized carbons (Fsp3) is 0.143. The standard InChI is InChI=1S/C14H12N2O3/c1-2-18-12-5-3-4-10(8-12)13-15-16-14(19-13)11-6-7-17-9-11/h3-9H,2H2,1H3. The summed E-state index contributed by atoms with van der Waals surface area (Å²) in [6.07, 6.45) is 3.13. The molecule has 2 heterocycles. The first-order chi connectivity index (χ1) is 9.36. The molecular formula is C14H12N2O3. The molecule has 3 aromatic rings. The molecule has 0 aliphatic rings. The molecule has 0 spiro atoms. The molecule has 2 aromatic heterocycles. The maximum Gasteiger partial charge on any atom is 0.251 e. The molecule has 19 heavy (non-hydrogen) atoms. The largest absolute Gasteiger partial charge is 0.494 e. The van der Waals surface area contributed by atoms with Crippen molar-refractivity contribution < 1.29 is 13.6 Å². The van der Waals surface area contributed by atoms with Crippen molar-refractivity contribution in [1.82, 2.24) is 10.2 Å². The van der Waals surface area contributed by atoms with Gasteiger partial charge in [-0.3, -0.25) is 0 Å². The third-order valence-corrected chi connectivity index (χ3v) is 2.59. The summed E-state index contributed by atoms with van der Waals surface area (Å²) in [5, 5.41) is 8.02. The van der Waals surface area contributed by atoms with Gasteiger partial charge in [-0.2, -0.15) is 0 Å². The van der Waals surface area contributed by atoms with Gasteiger partial charge in [0, 0.05) is 5.56 Å². The Balaban J connectivity index is 1.92. The summed E-state index contributed by atoms with van der Waals surface area (Å²) in [6, 6.07) is 9.32. The van der Waals surface area contributed by atoms with E-state index in [9.17, 15) is 0 Å². The Hall–Kier alpha value is -2.56. The molecule has 0 aliphatic heterocycles. The van der Waals surface area contributed by atoms with Crippen molar-refractivity contribution >= 4 is 0 Å². The third kappa shape index (κ3) is 2.35. The molecule has 0 radical (unpaired) electrons. The van der Waals surface area contributed by atoms with Crippen molar-refractivity contribution in [3.8, 4) is 28.7 Å². The highest BCUT2D eigenvalue weighted by Gasteiger charge is 2.11. The van der Waals surface area contributed by atoms with E-state index in [1.807, 2.05) is 31.2 Å². The predicted molar refractivity (Wildman–Crippen MR) is 68.6 cm³/mol. The zero-order valence-electron chi connectivity index (χ0n) is 10.4. The predicted octanol–water partition coefficient (Wildman–Crippen LogP) is 3.40. The van der Waals surface area contributed by atoms with Crippen LogP contribution in [0, 0.1) is 0 Å². The molecule has 5 heteroatoms. The molecule has 0 saturated heterocycles. The number of ether oxygens (including phenoxy) is 1. The molecule has 1 aromatic carbocycles. The van der Waals surface area contributed by atoms with Crippen molar-refractivity contribution in [3.63, 3.8) is 0 Å². The second-order valence-electron chi connectivity index (χ2n) is 3.89. The van der Waals surface area contributed by atoms with Gasteiger partial charge in [-0.05, 0) is 31.2 Å². The number of furan rings is 1. The van der Waals surface area contributed by atoms with Crippen molar-refractivity contribution in [2.45, 2.75) is 6.92 Å². The van der Waals surface area contributed by atoms with Crippen LogP contribution in [0.15, 0.2) is 51.7 Å². The minimum absolute atomic E-state index is 0.436. The molecule has 0 N–H and O–H groups in total. The summed E-state index contributed by atoms with van der Waals surface area (Å²) < 4.78 is 16.0. The van der Waals surface area contributed by atoms with Crippen LogP contribution >= 0.6 is 0 Å². The minimum atomic E-state index is 0.436. The van der Waals surface area contributed by atoms with Crippen LogP contribution in [0.1, 0.15) is 6.92 Å². The monoisotopic (exact) mass is 256 g/mol. The highest BCUT2D eigenvalue weighted by Crippen LogP contribution is 2.26. The van der Waals surface area contributed by atoms with Crippen LogP contribution in [0.5, 0.6) is 5.75 Å². The van der Waals surface area contributed by atoms with E-state index in [1.165, 1.54) is 0 Å². The van der Waals surface area contributed by atoms with Crippen LogP contribution in [-0.4, -0.2) is 16.8 Å². The lowest BCUT2D eigenvalue weighted by molar-refractivity contribution is 0.340. The molecule has 3 rings (SSSR count). The Morgan fingerprint density at radius 1 is 1.11 bits per heavy atom. The zero-order valence-corrected chi connectivity index (χ0v) is 10.4. The number of benzene rings is 1. The fourth-order valence-corrected chi connectivity index (χ4v) is 1.73. The van der Waals surface area contributed by atoms with E-state index in [4.69, 9.17) is 13.6 Å². The van der Waals surface area contributed by atoms with Crippen LogP contribution < -0.4 is 4.74 Å². The van der Waals surface area contributed by atoms with E-state index < -0.39 is 0 Å². The van der Waals surface area contributed by atoms with Crippen molar-refractivity contribution in [2.24, 2.45) is 0 Å². The van der Waals surface area contributed by atoms with Gasteiger partial charge in [-0.15, -0.1) is 10.2 Å². The molecular weight excluding hydrogens is 244 g/mol. The quantitative estimate of drug-likeness (QED) is 0.716. The summed E-state index contributed by atoms with van der Waals surface area (Å²) in [6.45, 7) is 2.56. The highest BCUT2D eigenvalue weighted by atomic mass is 16.5. The van der Waals surface area contributed by atoms with Gasteiger partial charge in [0.05, 0.1) is 18.4 Å². The Morgan fingerprint density at radius 3 is 2.68 bits per heavy atom. The van der Waals surface area contributed by atoms with Crippen LogP contribution in [-0.2, 0) is 0 Å². The Kier molecular flexibility index (Phi) is 3.02. The molecule has 0 saturated carbocycles. The van der Waals surface area contributed by atoms with Crippen LogP contribution in [0.2, 0.25) is 0 Å². The SMILES string of the molecule is CCOc1cccc(-c2nnc(-c3ccoc3)o2)c1. The van der Waals surface area contributed by atoms with Crippen LogP contribution in [0.3, 0.4) is 0 Å². The lowest BCUT2D eigenvalue weighted by Crippen LogP contribution is -1.91. The molecule has 5 nitrogen and oxygen atoms in total. The van der Waals surface area contributed by atoms with E-state index in [0.29, 0.717) is 18.4 Å². The number of nitrogens with zero attached hydrogens (tertiary/aromatic N) is 2. The van der Waals surface area contributed by atoms with Crippen molar-refractivity contribution in [1.29, 1.82) is 0 Å². The number of aromatic nitrogens is 2. The summed E-state index contributed by atoms with van der Waals surface area (Å²) in [4.78, 5) is 0. The molecule has 0 atom stereocenters. The Labute approximate surface area is 109 Å². The summed E-state index contributed by atoms with van der Waals surface area (Å²) in [7, 11) is 0. The van der Waals surface area contributed by atoms with Gasteiger partial charge in [0.1, 0.15) is 12.0 Å². The van der Waals surface area contributed by atoms with Gasteiger partial charge in [-0.25, -0.2) is 0 Å². The van der Waals surface area contributed by atoms with Crippen LogP contribution in [0.4, 0.5) is 0 Å². The van der Waals surface area contributed by atoms with E-state index in [0.717, 1.165) is 16.9 Å². The summed E-state index contributed by atoms with van der Waals surface area (Å²) >= 11 is 0. The minimum Gasteiger partial charge on any atom is -0.494 e. The molecule has 0 fully saturated rings.